The molecule has 2 N–H and O–H groups in total. The molecule has 2 aliphatic rings. The Hall–Kier alpha value is -0.160. The molecule has 2 aliphatic heterocycles. The Morgan fingerprint density at radius 2 is 2.00 bits per heavy atom. The molecule has 112 valence electrons. The van der Waals surface area contributed by atoms with E-state index in [0.717, 1.165) is 19.6 Å². The normalized spacial score (nSPS) is 32.4. The Morgan fingerprint density at radius 3 is 2.42 bits per heavy atom. The lowest BCUT2D eigenvalue weighted by molar-refractivity contribution is -0.0125. The molecule has 0 aromatic carbocycles. The van der Waals surface area contributed by atoms with Gasteiger partial charge in [-0.15, -0.1) is 0 Å². The molecule has 0 spiro atoms. The average Bonchev–Trinajstić information content (AvgIpc) is 2.84. The third-order valence-corrected chi connectivity index (χ3v) is 5.42. The fourth-order valence-electron chi connectivity index (χ4n) is 3.74. The lowest BCUT2D eigenvalue weighted by Crippen LogP contribution is -2.62. The third-order valence-electron chi connectivity index (χ3n) is 5.42. The van der Waals surface area contributed by atoms with Crippen molar-refractivity contribution in [1.82, 2.24) is 9.80 Å². The van der Waals surface area contributed by atoms with Crippen LogP contribution in [0, 0.1) is 0 Å². The van der Waals surface area contributed by atoms with E-state index in [9.17, 15) is 0 Å². The molecule has 4 heteroatoms. The van der Waals surface area contributed by atoms with Gasteiger partial charge in [-0.3, -0.25) is 4.90 Å². The highest BCUT2D eigenvalue weighted by Gasteiger charge is 2.42. The van der Waals surface area contributed by atoms with Crippen molar-refractivity contribution in [3.05, 3.63) is 0 Å². The quantitative estimate of drug-likeness (QED) is 0.835. The largest absolute Gasteiger partial charge is 0.377 e. The van der Waals surface area contributed by atoms with E-state index in [2.05, 4.69) is 37.6 Å². The number of hydrogen-bond acceptors (Lipinski definition) is 4. The Labute approximate surface area is 118 Å². The summed E-state index contributed by atoms with van der Waals surface area (Å²) < 4.78 is 5.73. The van der Waals surface area contributed by atoms with Crippen LogP contribution < -0.4 is 5.73 Å². The van der Waals surface area contributed by atoms with E-state index >= 15 is 0 Å². The van der Waals surface area contributed by atoms with Crippen molar-refractivity contribution >= 4 is 0 Å². The van der Waals surface area contributed by atoms with E-state index in [0.29, 0.717) is 18.2 Å². The van der Waals surface area contributed by atoms with Gasteiger partial charge in [0.1, 0.15) is 0 Å². The number of piperidine rings is 1. The molecule has 0 aliphatic carbocycles. The van der Waals surface area contributed by atoms with Crippen LogP contribution in [0.15, 0.2) is 0 Å². The topological polar surface area (TPSA) is 41.7 Å². The number of likely N-dealkylation sites (N-methyl/N-ethyl adjacent to an activating group) is 1. The fraction of sp³-hybridized carbons (Fsp3) is 1.00. The Bertz CT molecular complexity index is 287. The Morgan fingerprint density at radius 1 is 1.37 bits per heavy atom. The van der Waals surface area contributed by atoms with Crippen LogP contribution in [0.5, 0.6) is 0 Å². The second-order valence-electron chi connectivity index (χ2n) is 6.60. The minimum absolute atomic E-state index is 0.179. The molecular weight excluding hydrogens is 238 g/mol. The maximum absolute atomic E-state index is 6.17. The zero-order valence-corrected chi connectivity index (χ0v) is 13.1. The summed E-state index contributed by atoms with van der Waals surface area (Å²) >= 11 is 0. The molecular formula is C15H31N3O. The van der Waals surface area contributed by atoms with Gasteiger partial charge in [-0.2, -0.15) is 0 Å². The molecule has 2 unspecified atom stereocenters. The van der Waals surface area contributed by atoms with Crippen LogP contribution in [0.2, 0.25) is 0 Å². The van der Waals surface area contributed by atoms with Gasteiger partial charge in [-0.25, -0.2) is 0 Å². The van der Waals surface area contributed by atoms with E-state index in [1.807, 2.05) is 0 Å². The second kappa shape index (κ2) is 6.08. The molecule has 2 heterocycles. The Balaban J connectivity index is 2.03. The monoisotopic (exact) mass is 269 g/mol. The summed E-state index contributed by atoms with van der Waals surface area (Å²) in [6.45, 7) is 10.8. The Kier molecular flexibility index (Phi) is 4.88. The standard InChI is InChI=1S/C15H31N3O/c1-12(2)18-8-6-15(11-16,7-9-18)17(4)14-5-10-19-13(14)3/h12-14H,5-11,16H2,1-4H3. The fourth-order valence-corrected chi connectivity index (χ4v) is 3.74. The van der Waals surface area contributed by atoms with Crippen molar-refractivity contribution in [3.8, 4) is 0 Å². The number of ether oxygens (including phenoxy) is 1. The van der Waals surface area contributed by atoms with Gasteiger partial charge in [0.15, 0.2) is 0 Å². The predicted octanol–water partition coefficient (Wildman–Crippen LogP) is 1.30. The van der Waals surface area contributed by atoms with Crippen molar-refractivity contribution in [1.29, 1.82) is 0 Å². The van der Waals surface area contributed by atoms with Crippen LogP contribution in [0.4, 0.5) is 0 Å². The summed E-state index contributed by atoms with van der Waals surface area (Å²) in [4.78, 5) is 5.11. The van der Waals surface area contributed by atoms with Crippen LogP contribution >= 0.6 is 0 Å². The highest BCUT2D eigenvalue weighted by molar-refractivity contribution is 4.99. The minimum atomic E-state index is 0.179. The molecule has 2 fully saturated rings. The van der Waals surface area contributed by atoms with Crippen molar-refractivity contribution in [2.24, 2.45) is 5.73 Å². The van der Waals surface area contributed by atoms with Gasteiger partial charge in [0.25, 0.3) is 0 Å². The summed E-state index contributed by atoms with van der Waals surface area (Å²) in [5, 5.41) is 0. The van der Waals surface area contributed by atoms with Crippen LogP contribution in [0.1, 0.15) is 40.0 Å². The first kappa shape index (κ1) is 15.2. The van der Waals surface area contributed by atoms with E-state index in [1.165, 1.54) is 25.9 Å². The molecule has 0 bridgehead atoms. The number of likely N-dealkylation sites (tertiary alicyclic amines) is 1. The SMILES string of the molecule is CC1OCCC1N(C)C1(CN)CCN(C(C)C)CC1. The molecule has 0 radical (unpaired) electrons. The second-order valence-corrected chi connectivity index (χ2v) is 6.60. The summed E-state index contributed by atoms with van der Waals surface area (Å²) in [6.07, 6.45) is 3.85. The summed E-state index contributed by atoms with van der Waals surface area (Å²) in [7, 11) is 2.26. The molecule has 0 aromatic heterocycles. The molecule has 0 amide bonds. The van der Waals surface area contributed by atoms with Crippen molar-refractivity contribution < 1.29 is 4.74 Å². The smallest absolute Gasteiger partial charge is 0.0703 e. The molecule has 19 heavy (non-hydrogen) atoms. The first-order valence-electron chi connectivity index (χ1n) is 7.79. The summed E-state index contributed by atoms with van der Waals surface area (Å²) in [6, 6.07) is 1.18. The molecule has 2 rings (SSSR count). The van der Waals surface area contributed by atoms with Gasteiger partial charge < -0.3 is 15.4 Å². The molecule has 2 atom stereocenters. The van der Waals surface area contributed by atoms with E-state index in [4.69, 9.17) is 10.5 Å². The number of nitrogens with two attached hydrogens (primary N) is 1. The minimum Gasteiger partial charge on any atom is -0.377 e. The van der Waals surface area contributed by atoms with Gasteiger partial charge >= 0.3 is 0 Å². The van der Waals surface area contributed by atoms with Crippen LogP contribution in [0.25, 0.3) is 0 Å². The first-order valence-corrected chi connectivity index (χ1v) is 7.79. The van der Waals surface area contributed by atoms with Gasteiger partial charge in [0, 0.05) is 43.9 Å². The highest BCUT2D eigenvalue weighted by Crippen LogP contribution is 2.33. The van der Waals surface area contributed by atoms with Crippen molar-refractivity contribution in [3.63, 3.8) is 0 Å². The maximum Gasteiger partial charge on any atom is 0.0703 e. The lowest BCUT2D eigenvalue weighted by atomic mass is 9.83. The van der Waals surface area contributed by atoms with Crippen molar-refractivity contribution in [2.75, 3.05) is 33.3 Å². The molecule has 2 saturated heterocycles. The number of hydrogen-bond donors (Lipinski definition) is 1. The maximum atomic E-state index is 6.17. The zero-order valence-electron chi connectivity index (χ0n) is 13.1. The predicted molar refractivity (Wildman–Crippen MR) is 79.3 cm³/mol. The first-order chi connectivity index (χ1) is 9.00. The van der Waals surface area contributed by atoms with Gasteiger partial charge in [0.05, 0.1) is 6.10 Å². The lowest BCUT2D eigenvalue weighted by Gasteiger charge is -2.50. The van der Waals surface area contributed by atoms with Crippen LogP contribution in [-0.2, 0) is 4.74 Å². The van der Waals surface area contributed by atoms with Gasteiger partial charge in [-0.1, -0.05) is 0 Å². The summed E-state index contributed by atoms with van der Waals surface area (Å²) in [5.74, 6) is 0. The van der Waals surface area contributed by atoms with Crippen LogP contribution in [-0.4, -0.2) is 66.8 Å². The third kappa shape index (κ3) is 2.97. The van der Waals surface area contributed by atoms with Crippen LogP contribution in [0.3, 0.4) is 0 Å². The van der Waals surface area contributed by atoms with E-state index in [1.54, 1.807) is 0 Å². The summed E-state index contributed by atoms with van der Waals surface area (Å²) in [5.41, 5.74) is 6.35. The molecule has 0 aromatic rings. The van der Waals surface area contributed by atoms with Gasteiger partial charge in [0.2, 0.25) is 0 Å². The molecule has 0 saturated carbocycles. The average molecular weight is 269 g/mol. The van der Waals surface area contributed by atoms with E-state index < -0.39 is 0 Å². The number of nitrogens with zero attached hydrogens (tertiary/aromatic N) is 2. The number of rotatable bonds is 4. The van der Waals surface area contributed by atoms with Gasteiger partial charge in [-0.05, 0) is 47.1 Å². The molecule has 4 nitrogen and oxygen atoms in total. The highest BCUT2D eigenvalue weighted by atomic mass is 16.5. The van der Waals surface area contributed by atoms with E-state index in [-0.39, 0.29) is 5.54 Å². The zero-order chi connectivity index (χ0) is 14.0. The van der Waals surface area contributed by atoms with Crippen molar-refractivity contribution in [2.45, 2.75) is 63.8 Å².